The van der Waals surface area contributed by atoms with Gasteiger partial charge in [-0.2, -0.15) is 0 Å². The summed E-state index contributed by atoms with van der Waals surface area (Å²) in [5, 5.41) is 0. The Hall–Kier alpha value is -2.08. The van der Waals surface area contributed by atoms with Gasteiger partial charge in [-0.15, -0.1) is 0 Å². The first kappa shape index (κ1) is 14.3. The molecule has 0 aliphatic rings. The number of halogens is 1. The quantitative estimate of drug-likeness (QED) is 0.671. The number of rotatable bonds is 5. The molecule has 0 unspecified atom stereocenters. The molecule has 0 aliphatic carbocycles. The minimum atomic E-state index is -0.497. The third kappa shape index (κ3) is 4.24. The van der Waals surface area contributed by atoms with Gasteiger partial charge in [0.15, 0.2) is 0 Å². The van der Waals surface area contributed by atoms with Crippen molar-refractivity contribution in [1.29, 1.82) is 0 Å². The molecule has 2 aromatic rings. The standard InChI is InChI=1S/C14H13BrN2O3/c15-10-2-1-3-12(8-10)19-6-7-20-14(18)13-5-4-11(16)9-17-13/h1-5,8-9H,6-7,16H2. The van der Waals surface area contributed by atoms with Crippen LogP contribution in [0.5, 0.6) is 5.75 Å². The third-order valence-corrected chi connectivity index (χ3v) is 2.87. The molecule has 0 aliphatic heterocycles. The van der Waals surface area contributed by atoms with Crippen LogP contribution in [-0.4, -0.2) is 24.2 Å². The van der Waals surface area contributed by atoms with E-state index in [1.807, 2.05) is 24.3 Å². The zero-order valence-electron chi connectivity index (χ0n) is 10.6. The van der Waals surface area contributed by atoms with Crippen molar-refractivity contribution < 1.29 is 14.3 Å². The second-order valence-corrected chi connectivity index (χ2v) is 4.83. The molecule has 0 saturated carbocycles. The Kier molecular flexibility index (Phi) is 4.95. The SMILES string of the molecule is Nc1ccc(C(=O)OCCOc2cccc(Br)c2)nc1. The smallest absolute Gasteiger partial charge is 0.357 e. The lowest BCUT2D eigenvalue weighted by molar-refractivity contribution is 0.0443. The highest BCUT2D eigenvalue weighted by Gasteiger charge is 2.08. The molecule has 5 nitrogen and oxygen atoms in total. The number of nitrogen functional groups attached to an aromatic ring is 1. The number of hydrogen-bond donors (Lipinski definition) is 1. The first-order valence-electron chi connectivity index (χ1n) is 5.92. The lowest BCUT2D eigenvalue weighted by Gasteiger charge is -2.07. The number of pyridine rings is 1. The van der Waals surface area contributed by atoms with Gasteiger partial charge in [-0.05, 0) is 30.3 Å². The molecule has 1 aromatic carbocycles. The zero-order chi connectivity index (χ0) is 14.4. The number of hydrogen-bond acceptors (Lipinski definition) is 5. The molecule has 1 heterocycles. The summed E-state index contributed by atoms with van der Waals surface area (Å²) in [6.07, 6.45) is 1.41. The normalized spacial score (nSPS) is 10.1. The van der Waals surface area contributed by atoms with Gasteiger partial charge in [0.2, 0.25) is 0 Å². The van der Waals surface area contributed by atoms with Crippen LogP contribution in [0.25, 0.3) is 0 Å². The molecule has 1 aromatic heterocycles. The van der Waals surface area contributed by atoms with Crippen LogP contribution in [0.3, 0.4) is 0 Å². The van der Waals surface area contributed by atoms with E-state index in [4.69, 9.17) is 15.2 Å². The lowest BCUT2D eigenvalue weighted by Crippen LogP contribution is -2.13. The Bertz CT molecular complexity index is 587. The van der Waals surface area contributed by atoms with E-state index in [1.54, 1.807) is 6.07 Å². The average Bonchev–Trinajstić information content (AvgIpc) is 2.44. The van der Waals surface area contributed by atoms with Gasteiger partial charge in [-0.3, -0.25) is 0 Å². The predicted molar refractivity (Wildman–Crippen MR) is 78.6 cm³/mol. The van der Waals surface area contributed by atoms with Crippen molar-refractivity contribution in [3.63, 3.8) is 0 Å². The van der Waals surface area contributed by atoms with Crippen LogP contribution in [-0.2, 0) is 4.74 Å². The molecular weight excluding hydrogens is 324 g/mol. The van der Waals surface area contributed by atoms with Crippen LogP contribution in [0.1, 0.15) is 10.5 Å². The summed E-state index contributed by atoms with van der Waals surface area (Å²) in [6.45, 7) is 0.425. The van der Waals surface area contributed by atoms with Crippen LogP contribution in [0, 0.1) is 0 Å². The van der Waals surface area contributed by atoms with E-state index in [2.05, 4.69) is 20.9 Å². The van der Waals surface area contributed by atoms with Crippen molar-refractivity contribution in [2.75, 3.05) is 18.9 Å². The van der Waals surface area contributed by atoms with E-state index in [0.29, 0.717) is 11.4 Å². The van der Waals surface area contributed by atoms with E-state index in [-0.39, 0.29) is 18.9 Å². The minimum absolute atomic E-state index is 0.150. The van der Waals surface area contributed by atoms with E-state index < -0.39 is 5.97 Å². The van der Waals surface area contributed by atoms with E-state index in [0.717, 1.165) is 4.47 Å². The molecule has 104 valence electrons. The molecule has 2 N–H and O–H groups in total. The maximum Gasteiger partial charge on any atom is 0.357 e. The number of nitrogens with two attached hydrogens (primary N) is 1. The van der Waals surface area contributed by atoms with Crippen LogP contribution in [0.2, 0.25) is 0 Å². The highest BCUT2D eigenvalue weighted by molar-refractivity contribution is 9.10. The number of anilines is 1. The summed E-state index contributed by atoms with van der Waals surface area (Å²) in [7, 11) is 0. The molecule has 0 amide bonds. The second kappa shape index (κ2) is 6.91. The number of carbonyl (C=O) groups is 1. The Morgan fingerprint density at radius 1 is 1.25 bits per heavy atom. The zero-order valence-corrected chi connectivity index (χ0v) is 12.2. The van der Waals surface area contributed by atoms with Crippen molar-refractivity contribution in [2.24, 2.45) is 0 Å². The summed E-state index contributed by atoms with van der Waals surface area (Å²) in [6, 6.07) is 10.6. The summed E-state index contributed by atoms with van der Waals surface area (Å²) in [5.41, 5.74) is 6.21. The predicted octanol–water partition coefficient (Wildman–Crippen LogP) is 2.66. The number of esters is 1. The first-order chi connectivity index (χ1) is 9.65. The minimum Gasteiger partial charge on any atom is -0.490 e. The molecule has 0 saturated heterocycles. The topological polar surface area (TPSA) is 74.4 Å². The number of ether oxygens (including phenoxy) is 2. The molecule has 0 atom stereocenters. The first-order valence-corrected chi connectivity index (χ1v) is 6.71. The van der Waals surface area contributed by atoms with Crippen molar-refractivity contribution in [2.45, 2.75) is 0 Å². The Morgan fingerprint density at radius 2 is 2.10 bits per heavy atom. The third-order valence-electron chi connectivity index (χ3n) is 2.38. The highest BCUT2D eigenvalue weighted by atomic mass is 79.9. The number of nitrogens with zero attached hydrogens (tertiary/aromatic N) is 1. The molecular formula is C14H13BrN2O3. The summed E-state index contributed by atoms with van der Waals surface area (Å²) in [5.74, 6) is 0.212. The van der Waals surface area contributed by atoms with E-state index >= 15 is 0 Å². The number of carbonyl (C=O) groups excluding carboxylic acids is 1. The van der Waals surface area contributed by atoms with E-state index in [9.17, 15) is 4.79 Å². The average molecular weight is 337 g/mol. The van der Waals surface area contributed by atoms with Crippen LogP contribution in [0.4, 0.5) is 5.69 Å². The molecule has 0 spiro atoms. The fourth-order valence-corrected chi connectivity index (χ4v) is 1.83. The van der Waals surface area contributed by atoms with Crippen molar-refractivity contribution >= 4 is 27.6 Å². The van der Waals surface area contributed by atoms with Gasteiger partial charge >= 0.3 is 5.97 Å². The maximum absolute atomic E-state index is 11.6. The van der Waals surface area contributed by atoms with Crippen LogP contribution >= 0.6 is 15.9 Å². The van der Waals surface area contributed by atoms with Gasteiger partial charge in [0.1, 0.15) is 24.7 Å². The fourth-order valence-electron chi connectivity index (χ4n) is 1.45. The van der Waals surface area contributed by atoms with Crippen molar-refractivity contribution in [1.82, 2.24) is 4.98 Å². The largest absolute Gasteiger partial charge is 0.490 e. The van der Waals surface area contributed by atoms with Gasteiger partial charge in [0.25, 0.3) is 0 Å². The van der Waals surface area contributed by atoms with Gasteiger partial charge in [-0.25, -0.2) is 9.78 Å². The molecule has 6 heteroatoms. The molecule has 0 bridgehead atoms. The Balaban J connectivity index is 1.76. The highest BCUT2D eigenvalue weighted by Crippen LogP contribution is 2.17. The molecule has 20 heavy (non-hydrogen) atoms. The van der Waals surface area contributed by atoms with E-state index in [1.165, 1.54) is 12.3 Å². The summed E-state index contributed by atoms with van der Waals surface area (Å²) < 4.78 is 11.4. The molecule has 2 rings (SSSR count). The lowest BCUT2D eigenvalue weighted by atomic mass is 10.3. The summed E-state index contributed by atoms with van der Waals surface area (Å²) >= 11 is 3.35. The van der Waals surface area contributed by atoms with Crippen LogP contribution < -0.4 is 10.5 Å². The van der Waals surface area contributed by atoms with Crippen molar-refractivity contribution in [3.8, 4) is 5.75 Å². The number of aromatic nitrogens is 1. The molecule has 0 radical (unpaired) electrons. The fraction of sp³-hybridized carbons (Fsp3) is 0.143. The van der Waals surface area contributed by atoms with Gasteiger partial charge in [0, 0.05) is 4.47 Å². The molecule has 0 fully saturated rings. The van der Waals surface area contributed by atoms with Crippen LogP contribution in [0.15, 0.2) is 47.1 Å². The Labute approximate surface area is 124 Å². The van der Waals surface area contributed by atoms with Crippen molar-refractivity contribution in [3.05, 3.63) is 52.8 Å². The number of benzene rings is 1. The van der Waals surface area contributed by atoms with Gasteiger partial charge in [0.05, 0.1) is 11.9 Å². The second-order valence-electron chi connectivity index (χ2n) is 3.92. The Morgan fingerprint density at radius 3 is 2.80 bits per heavy atom. The maximum atomic E-state index is 11.6. The monoisotopic (exact) mass is 336 g/mol. The summed E-state index contributed by atoms with van der Waals surface area (Å²) in [4.78, 5) is 15.5. The van der Waals surface area contributed by atoms with Gasteiger partial charge < -0.3 is 15.2 Å². The van der Waals surface area contributed by atoms with Gasteiger partial charge in [-0.1, -0.05) is 22.0 Å².